The summed E-state index contributed by atoms with van der Waals surface area (Å²) in [5.74, 6) is 1.90. The number of allylic oxidation sites excluding steroid dienone is 2. The van der Waals surface area contributed by atoms with Crippen molar-refractivity contribution in [2.45, 2.75) is 46.1 Å². The van der Waals surface area contributed by atoms with Crippen molar-refractivity contribution in [3.05, 3.63) is 84.8 Å². The summed E-state index contributed by atoms with van der Waals surface area (Å²) in [5.41, 5.74) is 10.2. The lowest BCUT2D eigenvalue weighted by molar-refractivity contribution is 0.216. The van der Waals surface area contributed by atoms with Gasteiger partial charge in [0.05, 0.1) is 17.0 Å². The maximum absolute atomic E-state index is 9.85. The largest absolute Gasteiger partial charge is 0.457 e. The van der Waals surface area contributed by atoms with Crippen molar-refractivity contribution in [1.82, 2.24) is 24.6 Å². The zero-order valence-corrected chi connectivity index (χ0v) is 23.3. The minimum absolute atomic E-state index is 0.0410. The molecule has 1 fully saturated rings. The number of piperidine rings is 1. The number of benzene rings is 2. The van der Waals surface area contributed by atoms with Gasteiger partial charge in [0.2, 0.25) is 0 Å². The summed E-state index contributed by atoms with van der Waals surface area (Å²) in [4.78, 5) is 11.1. The first-order chi connectivity index (χ1) is 19.2. The predicted octanol–water partition coefficient (Wildman–Crippen LogP) is 6.90. The van der Waals surface area contributed by atoms with Crippen LogP contribution in [-0.2, 0) is 0 Å². The van der Waals surface area contributed by atoms with Crippen LogP contribution in [0, 0.1) is 16.7 Å². The number of likely N-dealkylation sites (tertiary alicyclic amines) is 1. The van der Waals surface area contributed by atoms with Crippen molar-refractivity contribution >= 4 is 16.9 Å². The number of nitrogens with two attached hydrogens (primary N) is 1. The van der Waals surface area contributed by atoms with Gasteiger partial charge in [0.25, 0.3) is 0 Å². The van der Waals surface area contributed by atoms with Crippen LogP contribution in [0.3, 0.4) is 0 Å². The lowest BCUT2D eigenvalue weighted by Gasteiger charge is -2.35. The van der Waals surface area contributed by atoms with Crippen LogP contribution >= 0.6 is 0 Å². The van der Waals surface area contributed by atoms with Crippen LogP contribution in [0.4, 0.5) is 5.82 Å². The van der Waals surface area contributed by atoms with E-state index in [-0.39, 0.29) is 11.5 Å². The van der Waals surface area contributed by atoms with Crippen LogP contribution in [0.1, 0.15) is 46.1 Å². The normalized spacial score (nSPS) is 16.1. The molecular formula is C32H35N7O. The Labute approximate surface area is 235 Å². The number of hydrogen-bond donors (Lipinski definition) is 1. The first-order valence-corrected chi connectivity index (χ1v) is 13.6. The number of hydrogen-bond acceptors (Lipinski definition) is 7. The Morgan fingerprint density at radius 3 is 2.55 bits per heavy atom. The van der Waals surface area contributed by atoms with Gasteiger partial charge in [-0.2, -0.15) is 10.4 Å². The first-order valence-electron chi connectivity index (χ1n) is 13.6. The van der Waals surface area contributed by atoms with Gasteiger partial charge in [0.15, 0.2) is 5.65 Å². The Hall–Kier alpha value is -4.64. The number of para-hydroxylation sites is 1. The van der Waals surface area contributed by atoms with E-state index in [1.807, 2.05) is 65.4 Å². The van der Waals surface area contributed by atoms with Gasteiger partial charge in [-0.3, -0.25) is 0 Å². The third-order valence-corrected chi connectivity index (χ3v) is 7.10. The van der Waals surface area contributed by atoms with E-state index in [1.54, 1.807) is 0 Å². The average molecular weight is 534 g/mol. The van der Waals surface area contributed by atoms with Gasteiger partial charge in [-0.05, 0) is 61.1 Å². The Kier molecular flexibility index (Phi) is 7.56. The molecule has 3 heterocycles. The van der Waals surface area contributed by atoms with Gasteiger partial charge in [0.1, 0.15) is 35.4 Å². The fraction of sp³-hybridized carbons (Fsp3) is 0.312. The molecule has 5 rings (SSSR count). The molecule has 0 bridgehead atoms. The highest BCUT2D eigenvalue weighted by atomic mass is 16.5. The van der Waals surface area contributed by atoms with Crippen molar-refractivity contribution in [3.63, 3.8) is 0 Å². The smallest absolute Gasteiger partial charge is 0.164 e. The zero-order chi connectivity index (χ0) is 28.3. The van der Waals surface area contributed by atoms with E-state index in [2.05, 4.69) is 48.3 Å². The number of aromatic nitrogens is 4. The maximum atomic E-state index is 9.85. The van der Waals surface area contributed by atoms with Crippen molar-refractivity contribution < 1.29 is 4.74 Å². The quantitative estimate of drug-likeness (QED) is 0.203. The Bertz CT molecular complexity index is 1570. The molecule has 4 aromatic rings. The second kappa shape index (κ2) is 11.2. The summed E-state index contributed by atoms with van der Waals surface area (Å²) in [6, 6.07) is 19.9. The summed E-state index contributed by atoms with van der Waals surface area (Å²) in [6.45, 7) is 12.3. The van der Waals surface area contributed by atoms with Gasteiger partial charge >= 0.3 is 0 Å². The number of fused-ring (bicyclic) bond motifs is 1. The molecule has 0 amide bonds. The van der Waals surface area contributed by atoms with E-state index in [4.69, 9.17) is 15.6 Å². The number of nitrogen functional groups attached to an aromatic ring is 1. The molecule has 2 N–H and O–H groups in total. The van der Waals surface area contributed by atoms with Crippen LogP contribution < -0.4 is 10.5 Å². The number of nitriles is 1. The standard InChI is InChI=1S/C32H35N7O/c1-22(24(19-33)16-17-32(2,3)4)38-18-8-9-25(20-38)39-31-28(30(34)35-21-36-31)29(37-39)23-12-14-27(15-13-23)40-26-10-6-5-7-11-26/h5-7,10-16,21,25H,1,8-9,17-18,20H2,2-4H3,(H2,34,35,36)/b24-16+/t25-/m1/s1. The molecule has 2 aromatic carbocycles. The van der Waals surface area contributed by atoms with Crippen molar-refractivity contribution in [2.75, 3.05) is 18.8 Å². The number of rotatable bonds is 7. The fourth-order valence-corrected chi connectivity index (χ4v) is 4.96. The van der Waals surface area contributed by atoms with E-state index < -0.39 is 0 Å². The van der Waals surface area contributed by atoms with E-state index >= 15 is 0 Å². The minimum atomic E-state index is 0.0410. The molecule has 40 heavy (non-hydrogen) atoms. The summed E-state index contributed by atoms with van der Waals surface area (Å²) in [5, 5.41) is 15.6. The lowest BCUT2D eigenvalue weighted by Crippen LogP contribution is -2.36. The molecule has 8 nitrogen and oxygen atoms in total. The first kappa shape index (κ1) is 26.9. The molecule has 0 aliphatic carbocycles. The molecular weight excluding hydrogens is 498 g/mol. The molecule has 2 aromatic heterocycles. The van der Waals surface area contributed by atoms with E-state index in [0.29, 0.717) is 23.6 Å². The van der Waals surface area contributed by atoms with E-state index in [1.165, 1.54) is 6.33 Å². The van der Waals surface area contributed by atoms with Crippen molar-refractivity contribution in [3.8, 4) is 28.8 Å². The molecule has 1 saturated heterocycles. The Morgan fingerprint density at radius 2 is 1.85 bits per heavy atom. The van der Waals surface area contributed by atoms with Crippen LogP contribution in [0.5, 0.6) is 11.5 Å². The highest BCUT2D eigenvalue weighted by Crippen LogP contribution is 2.35. The SMILES string of the molecule is C=C(/C(C#N)=C/CC(C)(C)C)N1CCC[C@@H](n2nc(-c3ccc(Oc4ccccc4)cc3)c3c(N)ncnc32)C1. The number of nitrogens with zero attached hydrogens (tertiary/aromatic N) is 6. The van der Waals surface area contributed by atoms with Crippen LogP contribution in [0.25, 0.3) is 22.3 Å². The number of anilines is 1. The predicted molar refractivity (Wildman–Crippen MR) is 158 cm³/mol. The lowest BCUT2D eigenvalue weighted by atomic mass is 9.91. The van der Waals surface area contributed by atoms with Gasteiger partial charge in [-0.1, -0.05) is 51.6 Å². The molecule has 0 radical (unpaired) electrons. The van der Waals surface area contributed by atoms with Crippen LogP contribution in [0.15, 0.2) is 84.8 Å². The fourth-order valence-electron chi connectivity index (χ4n) is 4.96. The molecule has 1 atom stereocenters. The van der Waals surface area contributed by atoms with Crippen molar-refractivity contribution in [1.29, 1.82) is 5.26 Å². The topological polar surface area (TPSA) is 106 Å². The molecule has 204 valence electrons. The molecule has 1 aliphatic heterocycles. The van der Waals surface area contributed by atoms with Gasteiger partial charge in [0, 0.05) is 24.4 Å². The third kappa shape index (κ3) is 5.84. The zero-order valence-electron chi connectivity index (χ0n) is 23.3. The maximum Gasteiger partial charge on any atom is 0.164 e. The van der Waals surface area contributed by atoms with E-state index in [9.17, 15) is 5.26 Å². The molecule has 0 unspecified atom stereocenters. The average Bonchev–Trinajstić information content (AvgIpc) is 3.35. The highest BCUT2D eigenvalue weighted by Gasteiger charge is 2.28. The van der Waals surface area contributed by atoms with Crippen LogP contribution in [0.2, 0.25) is 0 Å². The van der Waals surface area contributed by atoms with Gasteiger partial charge in [-0.25, -0.2) is 14.6 Å². The molecule has 0 saturated carbocycles. The van der Waals surface area contributed by atoms with Gasteiger partial charge < -0.3 is 15.4 Å². The molecule has 8 heteroatoms. The number of ether oxygens (including phenoxy) is 1. The second-order valence-corrected chi connectivity index (χ2v) is 11.4. The van der Waals surface area contributed by atoms with E-state index in [0.717, 1.165) is 59.6 Å². The summed E-state index contributed by atoms with van der Waals surface area (Å²) in [6.07, 6.45) is 6.18. The summed E-state index contributed by atoms with van der Waals surface area (Å²) < 4.78 is 7.94. The highest BCUT2D eigenvalue weighted by molar-refractivity contribution is 5.98. The Morgan fingerprint density at radius 1 is 1.12 bits per heavy atom. The monoisotopic (exact) mass is 533 g/mol. The molecule has 1 aliphatic rings. The summed E-state index contributed by atoms with van der Waals surface area (Å²) >= 11 is 0. The third-order valence-electron chi connectivity index (χ3n) is 7.10. The van der Waals surface area contributed by atoms with Gasteiger partial charge in [-0.15, -0.1) is 0 Å². The summed E-state index contributed by atoms with van der Waals surface area (Å²) in [7, 11) is 0. The van der Waals surface area contributed by atoms with Crippen molar-refractivity contribution in [2.24, 2.45) is 5.41 Å². The molecule has 0 spiro atoms. The minimum Gasteiger partial charge on any atom is -0.457 e. The van der Waals surface area contributed by atoms with Crippen LogP contribution in [-0.4, -0.2) is 37.7 Å². The second-order valence-electron chi connectivity index (χ2n) is 11.4. The Balaban J connectivity index is 1.43.